The van der Waals surface area contributed by atoms with Gasteiger partial charge in [0, 0.05) is 42.8 Å². The Morgan fingerprint density at radius 1 is 1.21 bits per heavy atom. The molecule has 3 aromatic rings. The summed E-state index contributed by atoms with van der Waals surface area (Å²) in [5.41, 5.74) is 1.82. The van der Waals surface area contributed by atoms with Crippen molar-refractivity contribution in [2.75, 3.05) is 11.9 Å². The van der Waals surface area contributed by atoms with Crippen molar-refractivity contribution in [3.05, 3.63) is 65.7 Å². The number of carbonyl (C=O) groups excluding carboxylic acids is 1. The Bertz CT molecular complexity index is 944. The van der Waals surface area contributed by atoms with E-state index in [1.807, 2.05) is 28.5 Å². The normalized spacial score (nSPS) is 17.0. The minimum atomic E-state index is -0.0108. The first-order valence-electron chi connectivity index (χ1n) is 9.18. The number of nitrogens with one attached hydrogen (secondary N) is 1. The molecule has 0 radical (unpaired) electrons. The Morgan fingerprint density at radius 2 is 2.11 bits per heavy atom. The Hall–Kier alpha value is -3.13. The van der Waals surface area contributed by atoms with Crippen LogP contribution in [-0.4, -0.2) is 37.3 Å². The third-order valence-electron chi connectivity index (χ3n) is 4.54. The average Bonchev–Trinajstić information content (AvgIpc) is 3.22. The van der Waals surface area contributed by atoms with E-state index in [9.17, 15) is 4.79 Å². The van der Waals surface area contributed by atoms with Crippen LogP contribution in [0.4, 0.5) is 11.1 Å². The van der Waals surface area contributed by atoms with E-state index in [4.69, 9.17) is 0 Å². The Labute approximate surface area is 167 Å². The molecule has 4 heterocycles. The highest BCUT2D eigenvalue weighted by Crippen LogP contribution is 2.33. The molecule has 1 fully saturated rings. The maximum Gasteiger partial charge on any atom is 0.247 e. The van der Waals surface area contributed by atoms with Gasteiger partial charge in [0.1, 0.15) is 0 Å². The number of nitrogens with zero attached hydrogens (tertiary/aromatic N) is 5. The van der Waals surface area contributed by atoms with Crippen molar-refractivity contribution in [1.29, 1.82) is 0 Å². The molecule has 0 aliphatic carbocycles. The summed E-state index contributed by atoms with van der Waals surface area (Å²) in [5, 5.41) is 5.85. The second-order valence-corrected chi connectivity index (χ2v) is 7.30. The summed E-state index contributed by atoms with van der Waals surface area (Å²) in [6.45, 7) is 0.739. The first-order chi connectivity index (χ1) is 13.8. The van der Waals surface area contributed by atoms with E-state index in [0.717, 1.165) is 42.2 Å². The van der Waals surface area contributed by atoms with Crippen LogP contribution in [0, 0.1) is 0 Å². The minimum Gasteiger partial charge on any atom is -0.331 e. The molecule has 3 aromatic heterocycles. The number of amides is 1. The van der Waals surface area contributed by atoms with Gasteiger partial charge in [0.05, 0.1) is 11.7 Å². The maximum atomic E-state index is 12.8. The fraction of sp³-hybridized carbons (Fsp3) is 0.250. The van der Waals surface area contributed by atoms with Crippen molar-refractivity contribution in [1.82, 2.24) is 24.8 Å². The second kappa shape index (κ2) is 8.71. The molecule has 1 N–H and O–H groups in total. The van der Waals surface area contributed by atoms with Crippen molar-refractivity contribution in [3.8, 4) is 0 Å². The molecule has 1 aliphatic heterocycles. The van der Waals surface area contributed by atoms with Crippen LogP contribution in [0.15, 0.2) is 54.4 Å². The van der Waals surface area contributed by atoms with Crippen LogP contribution < -0.4 is 5.32 Å². The molecule has 0 spiro atoms. The van der Waals surface area contributed by atoms with Crippen molar-refractivity contribution in [2.24, 2.45) is 0 Å². The van der Waals surface area contributed by atoms with Crippen LogP contribution in [0.25, 0.3) is 6.08 Å². The third kappa shape index (κ3) is 4.40. The van der Waals surface area contributed by atoms with Gasteiger partial charge >= 0.3 is 0 Å². The van der Waals surface area contributed by atoms with E-state index in [-0.39, 0.29) is 11.9 Å². The molecule has 8 heteroatoms. The lowest BCUT2D eigenvalue weighted by Gasteiger charge is -2.34. The lowest BCUT2D eigenvalue weighted by atomic mass is 9.99. The first kappa shape index (κ1) is 18.2. The molecule has 1 atom stereocenters. The summed E-state index contributed by atoms with van der Waals surface area (Å²) in [6.07, 6.45) is 13.3. The van der Waals surface area contributed by atoms with Crippen molar-refractivity contribution in [3.63, 3.8) is 0 Å². The quantitative estimate of drug-likeness (QED) is 0.664. The third-order valence-corrected chi connectivity index (χ3v) is 5.31. The van der Waals surface area contributed by atoms with Gasteiger partial charge in [0.15, 0.2) is 5.13 Å². The number of rotatable bonds is 5. The molecule has 4 rings (SSSR count). The van der Waals surface area contributed by atoms with Gasteiger partial charge in [-0.1, -0.05) is 6.07 Å². The fourth-order valence-corrected chi connectivity index (χ4v) is 3.95. The standard InChI is InChI=1S/C20H20N6OS/c27-18(8-7-15-5-3-9-21-13-15)26-12-2-1-6-17(26)16-14-28-20(24-16)25-19-22-10-4-11-23-19/h3-5,7-11,13-14,17H,1-2,6,12H2,(H,22,23,24,25)/b8-7+/t17-/m0/s1. The van der Waals surface area contributed by atoms with E-state index in [2.05, 4.69) is 25.3 Å². The zero-order valence-corrected chi connectivity index (χ0v) is 16.0. The van der Waals surface area contributed by atoms with Crippen LogP contribution in [0.5, 0.6) is 0 Å². The molecule has 0 bridgehead atoms. The van der Waals surface area contributed by atoms with Crippen LogP contribution in [0.1, 0.15) is 36.6 Å². The highest BCUT2D eigenvalue weighted by molar-refractivity contribution is 7.13. The number of carbonyl (C=O) groups is 1. The average molecular weight is 392 g/mol. The monoisotopic (exact) mass is 392 g/mol. The summed E-state index contributed by atoms with van der Waals surface area (Å²) in [5.74, 6) is 0.516. The summed E-state index contributed by atoms with van der Waals surface area (Å²) < 4.78 is 0. The van der Waals surface area contributed by atoms with Gasteiger partial charge in [0.25, 0.3) is 0 Å². The molecule has 0 saturated carbocycles. The number of hydrogen-bond donors (Lipinski definition) is 1. The number of anilines is 2. The summed E-state index contributed by atoms with van der Waals surface area (Å²) in [6, 6.07) is 5.54. The van der Waals surface area contributed by atoms with Crippen molar-refractivity contribution < 1.29 is 4.79 Å². The fourth-order valence-electron chi connectivity index (χ4n) is 3.20. The molecule has 142 valence electrons. The summed E-state index contributed by atoms with van der Waals surface area (Å²) in [7, 11) is 0. The Kier molecular flexibility index (Phi) is 5.67. The number of pyridine rings is 1. The van der Waals surface area contributed by atoms with E-state index in [1.165, 1.54) is 11.3 Å². The molecule has 1 saturated heterocycles. The van der Waals surface area contributed by atoms with Crippen molar-refractivity contribution in [2.45, 2.75) is 25.3 Å². The number of piperidine rings is 1. The molecule has 1 aliphatic rings. The SMILES string of the molecule is O=C(/C=C/c1cccnc1)N1CCCC[C@H]1c1csc(Nc2ncccn2)n1. The number of aromatic nitrogens is 4. The lowest BCUT2D eigenvalue weighted by Crippen LogP contribution is -2.37. The highest BCUT2D eigenvalue weighted by atomic mass is 32.1. The van der Waals surface area contributed by atoms with E-state index >= 15 is 0 Å². The largest absolute Gasteiger partial charge is 0.331 e. The van der Waals surface area contributed by atoms with Gasteiger partial charge in [-0.2, -0.15) is 0 Å². The van der Waals surface area contributed by atoms with Gasteiger partial charge < -0.3 is 10.2 Å². The highest BCUT2D eigenvalue weighted by Gasteiger charge is 2.28. The molecule has 0 unspecified atom stereocenters. The van der Waals surface area contributed by atoms with Gasteiger partial charge in [-0.15, -0.1) is 11.3 Å². The Morgan fingerprint density at radius 3 is 2.93 bits per heavy atom. The molecule has 0 aromatic carbocycles. The van der Waals surface area contributed by atoms with E-state index in [1.54, 1.807) is 36.9 Å². The predicted octanol–water partition coefficient (Wildman–Crippen LogP) is 3.84. The van der Waals surface area contributed by atoms with E-state index in [0.29, 0.717) is 5.95 Å². The van der Waals surface area contributed by atoms with E-state index < -0.39 is 0 Å². The number of likely N-dealkylation sites (tertiary alicyclic amines) is 1. The molecule has 28 heavy (non-hydrogen) atoms. The first-order valence-corrected chi connectivity index (χ1v) is 10.1. The van der Waals surface area contributed by atoms with Crippen molar-refractivity contribution >= 4 is 34.4 Å². The molecule has 7 nitrogen and oxygen atoms in total. The number of hydrogen-bond acceptors (Lipinski definition) is 7. The maximum absolute atomic E-state index is 12.8. The van der Waals surface area contributed by atoms with Gasteiger partial charge in [-0.05, 0) is 43.0 Å². The topological polar surface area (TPSA) is 83.9 Å². The molecular formula is C20H20N6OS. The van der Waals surface area contributed by atoms with Gasteiger partial charge in [-0.3, -0.25) is 9.78 Å². The lowest BCUT2D eigenvalue weighted by molar-refractivity contribution is -0.129. The minimum absolute atomic E-state index is 0.00227. The zero-order valence-electron chi connectivity index (χ0n) is 15.2. The predicted molar refractivity (Wildman–Crippen MR) is 109 cm³/mol. The second-order valence-electron chi connectivity index (χ2n) is 6.44. The summed E-state index contributed by atoms with van der Waals surface area (Å²) >= 11 is 1.50. The van der Waals surface area contributed by atoms with Crippen LogP contribution in [0.2, 0.25) is 0 Å². The zero-order chi connectivity index (χ0) is 19.2. The van der Waals surface area contributed by atoms with Crippen LogP contribution in [-0.2, 0) is 4.79 Å². The smallest absolute Gasteiger partial charge is 0.247 e. The summed E-state index contributed by atoms with van der Waals surface area (Å²) in [4.78, 5) is 31.8. The Balaban J connectivity index is 1.48. The van der Waals surface area contributed by atoms with Gasteiger partial charge in [0.2, 0.25) is 11.9 Å². The molecule has 1 amide bonds. The van der Waals surface area contributed by atoms with Gasteiger partial charge in [-0.25, -0.2) is 15.0 Å². The van der Waals surface area contributed by atoms with Crippen LogP contribution in [0.3, 0.4) is 0 Å². The molecular weight excluding hydrogens is 372 g/mol. The number of thiazole rings is 1. The van der Waals surface area contributed by atoms with Crippen LogP contribution >= 0.6 is 11.3 Å².